The first kappa shape index (κ1) is 18.6. The lowest BCUT2D eigenvalue weighted by Crippen LogP contribution is -2.27. The number of likely N-dealkylation sites (tertiary alicyclic amines) is 1. The molecule has 7 heteroatoms. The van der Waals surface area contributed by atoms with Crippen LogP contribution in [0, 0.1) is 5.92 Å². The Labute approximate surface area is 168 Å². The molecule has 3 aromatic rings. The van der Waals surface area contributed by atoms with Gasteiger partial charge < -0.3 is 14.6 Å². The lowest BCUT2D eigenvalue weighted by atomic mass is 10.1. The van der Waals surface area contributed by atoms with Crippen molar-refractivity contribution in [3.05, 3.63) is 78.8 Å². The van der Waals surface area contributed by atoms with Gasteiger partial charge in [-0.25, -0.2) is 0 Å². The van der Waals surface area contributed by atoms with E-state index in [1.165, 1.54) is 0 Å². The van der Waals surface area contributed by atoms with Crippen LogP contribution in [0.3, 0.4) is 0 Å². The van der Waals surface area contributed by atoms with Gasteiger partial charge in [0, 0.05) is 18.7 Å². The second-order valence-corrected chi connectivity index (χ2v) is 6.83. The first-order chi connectivity index (χ1) is 14.2. The van der Waals surface area contributed by atoms with Gasteiger partial charge in [-0.05, 0) is 48.5 Å². The minimum Gasteiger partial charge on any atom is -0.467 e. The number of hydrogen-bond acceptors (Lipinski definition) is 5. The van der Waals surface area contributed by atoms with Gasteiger partial charge in [0.05, 0.1) is 30.1 Å². The van der Waals surface area contributed by atoms with Crippen LogP contribution in [0.5, 0.6) is 0 Å². The molecule has 1 fully saturated rings. The smallest absolute Gasteiger partial charge is 0.229 e. The molecule has 2 amide bonds. The molecule has 1 aromatic heterocycles. The van der Waals surface area contributed by atoms with Gasteiger partial charge in [0.2, 0.25) is 11.8 Å². The summed E-state index contributed by atoms with van der Waals surface area (Å²) in [5.41, 5.74) is 2.12. The van der Waals surface area contributed by atoms with E-state index in [9.17, 15) is 9.59 Å². The van der Waals surface area contributed by atoms with Crippen molar-refractivity contribution < 1.29 is 14.0 Å². The summed E-state index contributed by atoms with van der Waals surface area (Å²) < 4.78 is 5.28. The molecule has 1 saturated heterocycles. The Balaban J connectivity index is 1.32. The molecule has 2 aromatic carbocycles. The summed E-state index contributed by atoms with van der Waals surface area (Å²) in [4.78, 5) is 26.4. The van der Waals surface area contributed by atoms with Crippen LogP contribution < -0.4 is 5.32 Å². The highest BCUT2D eigenvalue weighted by molar-refractivity contribution is 5.97. The molecule has 0 bridgehead atoms. The van der Waals surface area contributed by atoms with Gasteiger partial charge in [-0.1, -0.05) is 18.2 Å². The number of nitrogens with zero attached hydrogens (tertiary/aromatic N) is 3. The van der Waals surface area contributed by atoms with Crippen molar-refractivity contribution in [3.63, 3.8) is 0 Å². The lowest BCUT2D eigenvalue weighted by Gasteiger charge is -2.15. The van der Waals surface area contributed by atoms with Crippen LogP contribution in [-0.4, -0.2) is 23.3 Å². The van der Waals surface area contributed by atoms with Crippen molar-refractivity contribution in [1.82, 2.24) is 4.90 Å². The fourth-order valence-corrected chi connectivity index (χ4v) is 3.16. The number of nitrogens with one attached hydrogen (secondary N) is 1. The molecule has 0 radical (unpaired) electrons. The summed E-state index contributed by atoms with van der Waals surface area (Å²) in [7, 11) is 0. The Morgan fingerprint density at radius 2 is 1.72 bits per heavy atom. The standard InChI is InChI=1S/C22H20N4O3/c27-21-13-16(14-26(21)15-20-7-4-12-29-20)22(28)23-17-8-10-19(11-9-17)25-24-18-5-2-1-3-6-18/h1-12,16H,13-15H2,(H,23,28). The van der Waals surface area contributed by atoms with Crippen molar-refractivity contribution in [2.75, 3.05) is 11.9 Å². The van der Waals surface area contributed by atoms with E-state index in [1.807, 2.05) is 36.4 Å². The molecule has 0 aliphatic carbocycles. The molecule has 0 spiro atoms. The fraction of sp³-hybridized carbons (Fsp3) is 0.182. The zero-order valence-electron chi connectivity index (χ0n) is 15.7. The summed E-state index contributed by atoms with van der Waals surface area (Å²) in [5.74, 6) is 0.117. The largest absolute Gasteiger partial charge is 0.467 e. The predicted molar refractivity (Wildman–Crippen MR) is 108 cm³/mol. The van der Waals surface area contributed by atoms with E-state index < -0.39 is 0 Å². The SMILES string of the molecule is O=C(Nc1ccc(N=Nc2ccccc2)cc1)C1CC(=O)N(Cc2ccco2)C1. The summed E-state index contributed by atoms with van der Waals surface area (Å²) in [6, 6.07) is 20.2. The van der Waals surface area contributed by atoms with E-state index in [4.69, 9.17) is 4.42 Å². The molecule has 0 saturated carbocycles. The van der Waals surface area contributed by atoms with Crippen molar-refractivity contribution in [3.8, 4) is 0 Å². The van der Waals surface area contributed by atoms with Gasteiger partial charge in [0.15, 0.2) is 0 Å². The third kappa shape index (κ3) is 4.76. The Morgan fingerprint density at radius 1 is 1.00 bits per heavy atom. The van der Waals surface area contributed by atoms with E-state index in [0.29, 0.717) is 30.2 Å². The zero-order chi connectivity index (χ0) is 20.1. The van der Waals surface area contributed by atoms with Crippen molar-refractivity contribution in [2.45, 2.75) is 13.0 Å². The number of amides is 2. The summed E-state index contributed by atoms with van der Waals surface area (Å²) in [6.45, 7) is 0.769. The summed E-state index contributed by atoms with van der Waals surface area (Å²) in [5, 5.41) is 11.2. The van der Waals surface area contributed by atoms with Crippen LogP contribution in [0.1, 0.15) is 12.2 Å². The Bertz CT molecular complexity index is 998. The Kier molecular flexibility index (Phi) is 5.47. The van der Waals surface area contributed by atoms with E-state index in [-0.39, 0.29) is 24.2 Å². The molecule has 1 atom stereocenters. The van der Waals surface area contributed by atoms with E-state index >= 15 is 0 Å². The maximum atomic E-state index is 12.5. The highest BCUT2D eigenvalue weighted by Gasteiger charge is 2.34. The van der Waals surface area contributed by atoms with Gasteiger partial charge >= 0.3 is 0 Å². The highest BCUT2D eigenvalue weighted by atomic mass is 16.3. The van der Waals surface area contributed by atoms with Gasteiger partial charge in [0.1, 0.15) is 5.76 Å². The first-order valence-corrected chi connectivity index (χ1v) is 9.35. The van der Waals surface area contributed by atoms with E-state index in [2.05, 4.69) is 15.5 Å². The number of carbonyl (C=O) groups is 2. The summed E-state index contributed by atoms with van der Waals surface area (Å²) in [6.07, 6.45) is 1.78. The maximum absolute atomic E-state index is 12.5. The number of anilines is 1. The van der Waals surface area contributed by atoms with E-state index in [0.717, 1.165) is 5.69 Å². The normalized spacial score (nSPS) is 16.5. The third-order valence-corrected chi connectivity index (χ3v) is 4.68. The quantitative estimate of drug-likeness (QED) is 0.622. The minimum atomic E-state index is -0.380. The van der Waals surface area contributed by atoms with Gasteiger partial charge in [-0.2, -0.15) is 10.2 Å². The van der Waals surface area contributed by atoms with Gasteiger partial charge in [-0.15, -0.1) is 0 Å². The van der Waals surface area contributed by atoms with Crippen LogP contribution in [0.25, 0.3) is 0 Å². The molecule has 7 nitrogen and oxygen atoms in total. The van der Waals surface area contributed by atoms with Crippen molar-refractivity contribution in [2.24, 2.45) is 16.1 Å². The average Bonchev–Trinajstić information content (AvgIpc) is 3.39. The van der Waals surface area contributed by atoms with Crippen molar-refractivity contribution in [1.29, 1.82) is 0 Å². The molecule has 1 aliphatic heterocycles. The van der Waals surface area contributed by atoms with Crippen molar-refractivity contribution >= 4 is 28.9 Å². The van der Waals surface area contributed by atoms with Crippen LogP contribution >= 0.6 is 0 Å². The zero-order valence-corrected chi connectivity index (χ0v) is 15.7. The first-order valence-electron chi connectivity index (χ1n) is 9.35. The minimum absolute atomic E-state index is 0.0433. The Morgan fingerprint density at radius 3 is 2.41 bits per heavy atom. The van der Waals surface area contributed by atoms with Crippen LogP contribution in [0.4, 0.5) is 17.1 Å². The number of furan rings is 1. The molecular weight excluding hydrogens is 368 g/mol. The second kappa shape index (κ2) is 8.52. The van der Waals surface area contributed by atoms with Crippen LogP contribution in [0.2, 0.25) is 0 Å². The molecule has 2 heterocycles. The molecule has 29 heavy (non-hydrogen) atoms. The number of hydrogen-bond donors (Lipinski definition) is 1. The monoisotopic (exact) mass is 388 g/mol. The van der Waals surface area contributed by atoms with Gasteiger partial charge in [0.25, 0.3) is 0 Å². The number of rotatable bonds is 6. The lowest BCUT2D eigenvalue weighted by molar-refractivity contribution is -0.128. The third-order valence-electron chi connectivity index (χ3n) is 4.68. The Hall–Kier alpha value is -3.74. The molecular formula is C22H20N4O3. The maximum Gasteiger partial charge on any atom is 0.229 e. The van der Waals surface area contributed by atoms with Crippen LogP contribution in [-0.2, 0) is 16.1 Å². The van der Waals surface area contributed by atoms with E-state index in [1.54, 1.807) is 41.5 Å². The van der Waals surface area contributed by atoms with Gasteiger partial charge in [-0.3, -0.25) is 9.59 Å². The molecule has 146 valence electrons. The molecule has 1 unspecified atom stereocenters. The average molecular weight is 388 g/mol. The van der Waals surface area contributed by atoms with Crippen LogP contribution in [0.15, 0.2) is 87.6 Å². The fourth-order valence-electron chi connectivity index (χ4n) is 3.16. The molecule has 4 rings (SSSR count). The topological polar surface area (TPSA) is 87.3 Å². The number of carbonyl (C=O) groups excluding carboxylic acids is 2. The second-order valence-electron chi connectivity index (χ2n) is 6.83. The number of azo groups is 1. The highest BCUT2D eigenvalue weighted by Crippen LogP contribution is 2.24. The molecule has 1 N–H and O–H groups in total. The molecule has 1 aliphatic rings. The number of benzene rings is 2. The summed E-state index contributed by atoms with van der Waals surface area (Å²) >= 11 is 0. The predicted octanol–water partition coefficient (Wildman–Crippen LogP) is 4.68.